The number of benzene rings is 1. The zero-order valence-corrected chi connectivity index (χ0v) is 10.6. The van der Waals surface area contributed by atoms with Crippen LogP contribution in [-0.4, -0.2) is 39.0 Å². The third-order valence-electron chi connectivity index (χ3n) is 2.90. The summed E-state index contributed by atoms with van der Waals surface area (Å²) < 4.78 is 16.2. The van der Waals surface area contributed by atoms with Gasteiger partial charge in [0.2, 0.25) is 6.79 Å². The van der Waals surface area contributed by atoms with Gasteiger partial charge in [-0.2, -0.15) is 0 Å². The van der Waals surface area contributed by atoms with Gasteiger partial charge in [-0.15, -0.1) is 0 Å². The summed E-state index contributed by atoms with van der Waals surface area (Å²) in [5.41, 5.74) is 0. The molecule has 0 saturated heterocycles. The number of nitrogens with zero attached hydrogens (tertiary/aromatic N) is 1. The smallest absolute Gasteiger partial charge is 0.231 e. The van der Waals surface area contributed by atoms with Gasteiger partial charge in [-0.1, -0.05) is 0 Å². The largest absolute Gasteiger partial charge is 0.492 e. The number of rotatable bonds is 4. The predicted molar refractivity (Wildman–Crippen MR) is 71.0 cm³/mol. The van der Waals surface area contributed by atoms with Crippen LogP contribution < -0.4 is 24.8 Å². The number of nitrogens with one attached hydrogen (secondary N) is 2. The Hall–Kier alpha value is -2.11. The monoisotopic (exact) mass is 263 g/mol. The minimum Gasteiger partial charge on any atom is -0.492 e. The van der Waals surface area contributed by atoms with Crippen LogP contribution in [0.5, 0.6) is 17.2 Å². The van der Waals surface area contributed by atoms with Crippen LogP contribution in [0.4, 0.5) is 0 Å². The molecule has 0 aromatic heterocycles. The molecule has 1 aromatic rings. The van der Waals surface area contributed by atoms with Crippen LogP contribution in [0.3, 0.4) is 0 Å². The fourth-order valence-corrected chi connectivity index (χ4v) is 1.96. The van der Waals surface area contributed by atoms with Crippen molar-refractivity contribution < 1.29 is 14.2 Å². The third kappa shape index (κ3) is 3.01. The Morgan fingerprint density at radius 3 is 3.16 bits per heavy atom. The summed E-state index contributed by atoms with van der Waals surface area (Å²) >= 11 is 0. The molecule has 0 radical (unpaired) electrons. The summed E-state index contributed by atoms with van der Waals surface area (Å²) in [6, 6.07) is 5.58. The van der Waals surface area contributed by atoms with E-state index in [1.807, 2.05) is 18.2 Å². The van der Waals surface area contributed by atoms with E-state index in [1.54, 1.807) is 0 Å². The highest BCUT2D eigenvalue weighted by Crippen LogP contribution is 2.34. The van der Waals surface area contributed by atoms with Crippen LogP contribution in [0.25, 0.3) is 0 Å². The minimum atomic E-state index is 0.284. The van der Waals surface area contributed by atoms with Gasteiger partial charge in [0.15, 0.2) is 17.5 Å². The number of ether oxygens (including phenoxy) is 3. The normalized spacial score (nSPS) is 16.5. The first-order chi connectivity index (χ1) is 9.42. The molecule has 0 unspecified atom stereocenters. The van der Waals surface area contributed by atoms with Crippen molar-refractivity contribution in [2.45, 2.75) is 6.42 Å². The van der Waals surface area contributed by atoms with Gasteiger partial charge in [0.25, 0.3) is 0 Å². The molecule has 102 valence electrons. The van der Waals surface area contributed by atoms with Crippen molar-refractivity contribution in [1.29, 1.82) is 0 Å². The molecule has 0 aliphatic carbocycles. The number of fused-ring (bicyclic) bond motifs is 1. The Balaban J connectivity index is 1.43. The highest BCUT2D eigenvalue weighted by Gasteiger charge is 2.13. The Morgan fingerprint density at radius 1 is 1.32 bits per heavy atom. The van der Waals surface area contributed by atoms with Crippen LogP contribution in [0.2, 0.25) is 0 Å². The molecule has 0 fully saturated rings. The van der Waals surface area contributed by atoms with E-state index in [-0.39, 0.29) is 6.79 Å². The SMILES string of the molecule is c1cc2c(cc1OCCNC1=NCCCN1)OCO2. The standard InChI is InChI=1S/C13H17N3O3/c1-4-14-13(15-5-1)16-6-7-17-10-2-3-11-12(8-10)19-9-18-11/h2-3,8H,1,4-7,9H2,(H2,14,15,16). The fourth-order valence-electron chi connectivity index (χ4n) is 1.96. The zero-order valence-electron chi connectivity index (χ0n) is 10.6. The molecule has 3 rings (SSSR count). The van der Waals surface area contributed by atoms with E-state index in [1.165, 1.54) is 0 Å². The highest BCUT2D eigenvalue weighted by molar-refractivity contribution is 5.80. The molecule has 6 nitrogen and oxygen atoms in total. The fraction of sp³-hybridized carbons (Fsp3) is 0.462. The van der Waals surface area contributed by atoms with Gasteiger partial charge in [0.1, 0.15) is 12.4 Å². The van der Waals surface area contributed by atoms with Crippen molar-refractivity contribution in [2.24, 2.45) is 4.99 Å². The van der Waals surface area contributed by atoms with Crippen molar-refractivity contribution in [2.75, 3.05) is 33.0 Å². The molecule has 0 amide bonds. The van der Waals surface area contributed by atoms with Crippen molar-refractivity contribution in [3.63, 3.8) is 0 Å². The first-order valence-corrected chi connectivity index (χ1v) is 6.46. The molecule has 2 N–H and O–H groups in total. The predicted octanol–water partition coefficient (Wildman–Crippen LogP) is 0.733. The van der Waals surface area contributed by atoms with Crippen LogP contribution in [-0.2, 0) is 0 Å². The Morgan fingerprint density at radius 2 is 2.26 bits per heavy atom. The summed E-state index contributed by atoms with van der Waals surface area (Å²) in [7, 11) is 0. The van der Waals surface area contributed by atoms with E-state index in [2.05, 4.69) is 15.6 Å². The molecule has 0 spiro atoms. The summed E-state index contributed by atoms with van der Waals surface area (Å²) in [6.07, 6.45) is 1.10. The highest BCUT2D eigenvalue weighted by atomic mass is 16.7. The first-order valence-electron chi connectivity index (χ1n) is 6.46. The number of hydrogen-bond acceptors (Lipinski definition) is 6. The quantitative estimate of drug-likeness (QED) is 0.784. The van der Waals surface area contributed by atoms with Crippen molar-refractivity contribution in [1.82, 2.24) is 10.6 Å². The van der Waals surface area contributed by atoms with Crippen LogP contribution in [0.15, 0.2) is 23.2 Å². The number of hydrogen-bond donors (Lipinski definition) is 2. The number of aliphatic imine (C=N–C) groups is 1. The Kier molecular flexibility index (Phi) is 3.58. The molecule has 2 aliphatic heterocycles. The van der Waals surface area contributed by atoms with Gasteiger partial charge >= 0.3 is 0 Å². The van der Waals surface area contributed by atoms with Gasteiger partial charge < -0.3 is 24.8 Å². The maximum atomic E-state index is 5.64. The topological polar surface area (TPSA) is 64.1 Å². The van der Waals surface area contributed by atoms with Crippen LogP contribution in [0, 0.1) is 0 Å². The lowest BCUT2D eigenvalue weighted by atomic mass is 10.3. The molecule has 0 bridgehead atoms. The molecule has 6 heteroatoms. The van der Waals surface area contributed by atoms with Gasteiger partial charge in [0, 0.05) is 19.2 Å². The summed E-state index contributed by atoms with van der Waals surface area (Å²) in [4.78, 5) is 4.32. The van der Waals surface area contributed by atoms with Crippen LogP contribution in [0.1, 0.15) is 6.42 Å². The van der Waals surface area contributed by atoms with E-state index >= 15 is 0 Å². The summed E-state index contributed by atoms with van der Waals surface area (Å²) in [5, 5.41) is 6.40. The van der Waals surface area contributed by atoms with E-state index in [4.69, 9.17) is 14.2 Å². The molecule has 2 aliphatic rings. The van der Waals surface area contributed by atoms with E-state index in [9.17, 15) is 0 Å². The molecular formula is C13H17N3O3. The second-order valence-electron chi connectivity index (χ2n) is 4.30. The third-order valence-corrected chi connectivity index (χ3v) is 2.90. The number of guanidine groups is 1. The first kappa shape index (κ1) is 12.0. The van der Waals surface area contributed by atoms with Gasteiger partial charge in [-0.05, 0) is 18.6 Å². The molecule has 0 saturated carbocycles. The molecule has 19 heavy (non-hydrogen) atoms. The van der Waals surface area contributed by atoms with Crippen molar-refractivity contribution >= 4 is 5.96 Å². The summed E-state index contributed by atoms with van der Waals surface area (Å²) in [5.74, 6) is 3.15. The van der Waals surface area contributed by atoms with E-state index < -0.39 is 0 Å². The van der Waals surface area contributed by atoms with E-state index in [0.29, 0.717) is 13.2 Å². The average molecular weight is 263 g/mol. The minimum absolute atomic E-state index is 0.284. The van der Waals surface area contributed by atoms with Crippen LogP contribution >= 0.6 is 0 Å². The van der Waals surface area contributed by atoms with Crippen molar-refractivity contribution in [3.05, 3.63) is 18.2 Å². The maximum Gasteiger partial charge on any atom is 0.231 e. The van der Waals surface area contributed by atoms with Gasteiger partial charge in [-0.3, -0.25) is 4.99 Å². The average Bonchev–Trinajstić information content (AvgIpc) is 2.92. The second-order valence-corrected chi connectivity index (χ2v) is 4.30. The lowest BCUT2D eigenvalue weighted by Crippen LogP contribution is -2.42. The van der Waals surface area contributed by atoms with Gasteiger partial charge in [0.05, 0.1) is 6.54 Å². The lowest BCUT2D eigenvalue weighted by Gasteiger charge is -2.16. The Bertz CT molecular complexity index is 476. The maximum absolute atomic E-state index is 5.64. The van der Waals surface area contributed by atoms with E-state index in [0.717, 1.165) is 42.7 Å². The summed E-state index contributed by atoms with van der Waals surface area (Å²) in [6.45, 7) is 3.43. The zero-order chi connectivity index (χ0) is 12.9. The second kappa shape index (κ2) is 5.69. The molecule has 0 atom stereocenters. The molecule has 1 aromatic carbocycles. The molecule has 2 heterocycles. The Labute approximate surface area is 111 Å². The van der Waals surface area contributed by atoms with Gasteiger partial charge in [-0.25, -0.2) is 0 Å². The lowest BCUT2D eigenvalue weighted by molar-refractivity contribution is 0.173. The van der Waals surface area contributed by atoms with Crippen molar-refractivity contribution in [3.8, 4) is 17.2 Å². The molecular weight excluding hydrogens is 246 g/mol.